The fourth-order valence-corrected chi connectivity index (χ4v) is 3.81. The lowest BCUT2D eigenvalue weighted by atomic mass is 9.79. The van der Waals surface area contributed by atoms with E-state index in [2.05, 4.69) is 21.2 Å². The van der Waals surface area contributed by atoms with Crippen LogP contribution in [0, 0.1) is 5.41 Å². The van der Waals surface area contributed by atoms with Crippen LogP contribution in [-0.2, 0) is 4.79 Å². The van der Waals surface area contributed by atoms with Gasteiger partial charge in [-0.05, 0) is 31.4 Å². The van der Waals surface area contributed by atoms with Gasteiger partial charge in [0.25, 0.3) is 0 Å². The molecule has 1 fully saturated rings. The molecule has 1 aliphatic rings. The molecule has 4 heteroatoms. The molecule has 21 heavy (non-hydrogen) atoms. The maximum Gasteiger partial charge on any atom is 0.227 e. The van der Waals surface area contributed by atoms with E-state index in [9.17, 15) is 4.79 Å². The Morgan fingerprint density at radius 3 is 2.48 bits per heavy atom. The van der Waals surface area contributed by atoms with Crippen LogP contribution in [0.2, 0.25) is 0 Å². The molecule has 1 aromatic rings. The Morgan fingerprint density at radius 1 is 1.29 bits per heavy atom. The van der Waals surface area contributed by atoms with Crippen LogP contribution in [0.1, 0.15) is 57.1 Å². The summed E-state index contributed by atoms with van der Waals surface area (Å²) < 4.78 is 1.03. The number of hydrogen-bond donors (Lipinski definition) is 2. The topological polar surface area (TPSA) is 55.1 Å². The first kappa shape index (κ1) is 16.5. The molecule has 0 aromatic heterocycles. The monoisotopic (exact) mass is 352 g/mol. The predicted molar refractivity (Wildman–Crippen MR) is 89.9 cm³/mol. The van der Waals surface area contributed by atoms with Gasteiger partial charge in [-0.25, -0.2) is 0 Å². The molecule has 2 rings (SSSR count). The fourth-order valence-electron chi connectivity index (χ4n) is 3.18. The van der Waals surface area contributed by atoms with Crippen molar-refractivity contribution in [1.82, 2.24) is 5.32 Å². The van der Waals surface area contributed by atoms with E-state index in [4.69, 9.17) is 5.73 Å². The molecule has 3 nitrogen and oxygen atoms in total. The van der Waals surface area contributed by atoms with E-state index in [-0.39, 0.29) is 17.4 Å². The lowest BCUT2D eigenvalue weighted by molar-refractivity contribution is -0.132. The Hall–Kier alpha value is -0.870. The number of carbonyl (C=O) groups is 1. The SMILES string of the molecule is C[C@@H](NC(=O)C1(CN)CCCCCC1)c1ccccc1Br. The van der Waals surface area contributed by atoms with E-state index in [0.717, 1.165) is 35.7 Å². The van der Waals surface area contributed by atoms with Gasteiger partial charge in [-0.15, -0.1) is 0 Å². The maximum atomic E-state index is 12.8. The van der Waals surface area contributed by atoms with Crippen molar-refractivity contribution in [3.63, 3.8) is 0 Å². The Balaban J connectivity index is 2.10. The average Bonchev–Trinajstić information content (AvgIpc) is 2.74. The van der Waals surface area contributed by atoms with E-state index in [1.165, 1.54) is 12.8 Å². The maximum absolute atomic E-state index is 12.8. The number of rotatable bonds is 4. The van der Waals surface area contributed by atoms with Gasteiger partial charge in [0.05, 0.1) is 11.5 Å². The molecule has 0 saturated heterocycles. The van der Waals surface area contributed by atoms with E-state index in [1.54, 1.807) is 0 Å². The zero-order chi connectivity index (χ0) is 15.3. The summed E-state index contributed by atoms with van der Waals surface area (Å²) in [5.41, 5.74) is 6.72. The number of amides is 1. The highest BCUT2D eigenvalue weighted by Gasteiger charge is 2.37. The minimum atomic E-state index is -0.369. The smallest absolute Gasteiger partial charge is 0.227 e. The molecular formula is C17H25BrN2O. The summed E-state index contributed by atoms with van der Waals surface area (Å²) in [6.07, 6.45) is 6.47. The molecule has 1 amide bonds. The largest absolute Gasteiger partial charge is 0.349 e. The summed E-state index contributed by atoms with van der Waals surface area (Å²) in [5, 5.41) is 3.18. The molecule has 0 spiro atoms. The summed E-state index contributed by atoms with van der Waals surface area (Å²) in [5.74, 6) is 0.121. The molecule has 0 heterocycles. The molecule has 1 aromatic carbocycles. The van der Waals surface area contributed by atoms with Crippen molar-refractivity contribution >= 4 is 21.8 Å². The van der Waals surface area contributed by atoms with Gasteiger partial charge in [0.2, 0.25) is 5.91 Å². The van der Waals surface area contributed by atoms with Crippen molar-refractivity contribution in [2.24, 2.45) is 11.1 Å². The summed E-state index contributed by atoms with van der Waals surface area (Å²) in [7, 11) is 0. The van der Waals surface area contributed by atoms with E-state index >= 15 is 0 Å². The lowest BCUT2D eigenvalue weighted by Crippen LogP contribution is -2.46. The molecule has 1 atom stereocenters. The summed E-state index contributed by atoms with van der Waals surface area (Å²) in [6, 6.07) is 8.00. The van der Waals surface area contributed by atoms with Crippen LogP contribution in [-0.4, -0.2) is 12.5 Å². The highest BCUT2D eigenvalue weighted by atomic mass is 79.9. The molecule has 3 N–H and O–H groups in total. The van der Waals surface area contributed by atoms with Crippen molar-refractivity contribution in [2.45, 2.75) is 51.5 Å². The molecular weight excluding hydrogens is 328 g/mol. The van der Waals surface area contributed by atoms with Gasteiger partial charge < -0.3 is 11.1 Å². The van der Waals surface area contributed by atoms with Crippen LogP contribution < -0.4 is 11.1 Å². The molecule has 1 saturated carbocycles. The number of halogens is 1. The van der Waals surface area contributed by atoms with Crippen LogP contribution in [0.3, 0.4) is 0 Å². The Bertz CT molecular complexity index is 481. The number of nitrogens with one attached hydrogen (secondary N) is 1. The molecule has 1 aliphatic carbocycles. The second-order valence-electron chi connectivity index (χ2n) is 6.12. The molecule has 0 aliphatic heterocycles. The zero-order valence-electron chi connectivity index (χ0n) is 12.7. The Labute approximate surface area is 135 Å². The number of carbonyl (C=O) groups excluding carboxylic acids is 1. The van der Waals surface area contributed by atoms with Gasteiger partial charge in [-0.1, -0.05) is 59.8 Å². The second kappa shape index (κ2) is 7.41. The first-order valence-corrected chi connectivity index (χ1v) is 8.64. The molecule has 0 radical (unpaired) electrons. The fraction of sp³-hybridized carbons (Fsp3) is 0.588. The van der Waals surface area contributed by atoms with Gasteiger partial charge in [0, 0.05) is 11.0 Å². The van der Waals surface area contributed by atoms with Crippen molar-refractivity contribution in [3.05, 3.63) is 34.3 Å². The van der Waals surface area contributed by atoms with Crippen LogP contribution in [0.15, 0.2) is 28.7 Å². The van der Waals surface area contributed by atoms with Crippen molar-refractivity contribution in [2.75, 3.05) is 6.54 Å². The Morgan fingerprint density at radius 2 is 1.90 bits per heavy atom. The molecule has 116 valence electrons. The van der Waals surface area contributed by atoms with Crippen molar-refractivity contribution in [1.29, 1.82) is 0 Å². The van der Waals surface area contributed by atoms with Gasteiger partial charge in [-0.2, -0.15) is 0 Å². The third kappa shape index (κ3) is 3.86. The number of nitrogens with two attached hydrogens (primary N) is 1. The van der Waals surface area contributed by atoms with E-state index < -0.39 is 0 Å². The average molecular weight is 353 g/mol. The van der Waals surface area contributed by atoms with Crippen LogP contribution >= 0.6 is 15.9 Å². The lowest BCUT2D eigenvalue weighted by Gasteiger charge is -2.31. The van der Waals surface area contributed by atoms with Gasteiger partial charge in [0.15, 0.2) is 0 Å². The summed E-state index contributed by atoms with van der Waals surface area (Å²) in [6.45, 7) is 2.47. The van der Waals surface area contributed by atoms with Gasteiger partial charge in [0.1, 0.15) is 0 Å². The summed E-state index contributed by atoms with van der Waals surface area (Å²) in [4.78, 5) is 12.8. The Kier molecular flexibility index (Phi) is 5.82. The number of benzene rings is 1. The zero-order valence-corrected chi connectivity index (χ0v) is 14.3. The van der Waals surface area contributed by atoms with Crippen molar-refractivity contribution in [3.8, 4) is 0 Å². The quantitative estimate of drug-likeness (QED) is 0.806. The minimum absolute atomic E-state index is 0.0141. The minimum Gasteiger partial charge on any atom is -0.349 e. The first-order chi connectivity index (χ1) is 10.1. The highest BCUT2D eigenvalue weighted by molar-refractivity contribution is 9.10. The van der Waals surface area contributed by atoms with Crippen LogP contribution in [0.4, 0.5) is 0 Å². The number of hydrogen-bond acceptors (Lipinski definition) is 2. The predicted octanol–water partition coefficient (Wildman–Crippen LogP) is 3.93. The van der Waals surface area contributed by atoms with Crippen LogP contribution in [0.5, 0.6) is 0 Å². The standard InChI is InChI=1S/C17H25BrN2O/c1-13(14-8-4-5-9-15(14)18)20-16(21)17(12-19)10-6-2-3-7-11-17/h4-5,8-9,13H,2-3,6-7,10-12,19H2,1H3,(H,20,21)/t13-/m1/s1. The molecule has 0 bridgehead atoms. The van der Waals surface area contributed by atoms with E-state index in [0.29, 0.717) is 6.54 Å². The third-order valence-electron chi connectivity index (χ3n) is 4.65. The third-order valence-corrected chi connectivity index (χ3v) is 5.37. The highest BCUT2D eigenvalue weighted by Crippen LogP contribution is 2.35. The second-order valence-corrected chi connectivity index (χ2v) is 6.97. The normalized spacial score (nSPS) is 19.6. The van der Waals surface area contributed by atoms with Crippen LogP contribution in [0.25, 0.3) is 0 Å². The van der Waals surface area contributed by atoms with Gasteiger partial charge in [-0.3, -0.25) is 4.79 Å². The van der Waals surface area contributed by atoms with Crippen molar-refractivity contribution < 1.29 is 4.79 Å². The van der Waals surface area contributed by atoms with Gasteiger partial charge >= 0.3 is 0 Å². The molecule has 0 unspecified atom stereocenters. The first-order valence-electron chi connectivity index (χ1n) is 7.84. The van der Waals surface area contributed by atoms with E-state index in [1.807, 2.05) is 31.2 Å². The summed E-state index contributed by atoms with van der Waals surface area (Å²) >= 11 is 3.55.